The van der Waals surface area contributed by atoms with E-state index < -0.39 is 12.6 Å². The van der Waals surface area contributed by atoms with Crippen LogP contribution in [0.25, 0.3) is 0 Å². The highest BCUT2D eigenvalue weighted by atomic mass is 19.4. The van der Waals surface area contributed by atoms with Gasteiger partial charge < -0.3 is 5.32 Å². The lowest BCUT2D eigenvalue weighted by atomic mass is 10.2. The number of benzene rings is 1. The van der Waals surface area contributed by atoms with Crippen molar-refractivity contribution in [3.05, 3.63) is 35.9 Å². The van der Waals surface area contributed by atoms with Crippen LogP contribution in [0.2, 0.25) is 0 Å². The highest BCUT2D eigenvalue weighted by Crippen LogP contribution is 2.21. The van der Waals surface area contributed by atoms with Crippen molar-refractivity contribution in [1.29, 1.82) is 0 Å². The second-order valence-electron chi connectivity index (χ2n) is 3.73. The van der Waals surface area contributed by atoms with Crippen molar-refractivity contribution in [1.82, 2.24) is 5.32 Å². The average Bonchev–Trinajstić information content (AvgIpc) is 2.23. The third-order valence-corrected chi connectivity index (χ3v) is 2.24. The minimum absolute atomic E-state index is 0.200. The van der Waals surface area contributed by atoms with E-state index in [0.29, 0.717) is 19.5 Å². The lowest BCUT2D eigenvalue weighted by molar-refractivity contribution is -0.135. The minimum atomic E-state index is -4.01. The first-order valence-corrected chi connectivity index (χ1v) is 5.39. The SMILES string of the molecule is FC(F)(F)CCCCNCc1ccccc1. The smallest absolute Gasteiger partial charge is 0.313 e. The van der Waals surface area contributed by atoms with Crippen LogP contribution in [0.1, 0.15) is 24.8 Å². The fourth-order valence-electron chi connectivity index (χ4n) is 1.40. The fourth-order valence-corrected chi connectivity index (χ4v) is 1.40. The van der Waals surface area contributed by atoms with Crippen LogP contribution in [0.15, 0.2) is 30.3 Å². The fraction of sp³-hybridized carbons (Fsp3) is 0.500. The van der Waals surface area contributed by atoms with Crippen LogP contribution in [0, 0.1) is 0 Å². The van der Waals surface area contributed by atoms with Crippen molar-refractivity contribution in [2.75, 3.05) is 6.54 Å². The van der Waals surface area contributed by atoms with Gasteiger partial charge in [0.2, 0.25) is 0 Å². The molecular weight excluding hydrogens is 215 g/mol. The van der Waals surface area contributed by atoms with E-state index in [1.54, 1.807) is 0 Å². The number of unbranched alkanes of at least 4 members (excludes halogenated alkanes) is 1. The molecule has 0 heterocycles. The Kier molecular flexibility index (Phi) is 5.32. The average molecular weight is 231 g/mol. The molecular formula is C12H16F3N. The van der Waals surface area contributed by atoms with Gasteiger partial charge in [0.25, 0.3) is 0 Å². The molecule has 0 aromatic heterocycles. The lowest BCUT2D eigenvalue weighted by Crippen LogP contribution is -2.15. The molecule has 0 aliphatic rings. The maximum absolute atomic E-state index is 11.8. The Balaban J connectivity index is 2.01. The lowest BCUT2D eigenvalue weighted by Gasteiger charge is -2.07. The van der Waals surface area contributed by atoms with Crippen LogP contribution in [0.5, 0.6) is 0 Å². The van der Waals surface area contributed by atoms with Crippen molar-refractivity contribution in [2.24, 2.45) is 0 Å². The van der Waals surface area contributed by atoms with Crippen LogP contribution in [-0.4, -0.2) is 12.7 Å². The summed E-state index contributed by atoms with van der Waals surface area (Å²) < 4.78 is 35.4. The Bertz CT molecular complexity index is 282. The van der Waals surface area contributed by atoms with Crippen LogP contribution >= 0.6 is 0 Å². The Hall–Kier alpha value is -1.03. The second kappa shape index (κ2) is 6.53. The summed E-state index contributed by atoms with van der Waals surface area (Å²) in [6.07, 6.45) is -3.93. The number of nitrogens with one attached hydrogen (secondary N) is 1. The highest BCUT2D eigenvalue weighted by molar-refractivity contribution is 5.14. The molecule has 0 saturated heterocycles. The molecule has 0 radical (unpaired) electrons. The quantitative estimate of drug-likeness (QED) is 0.739. The van der Waals surface area contributed by atoms with Crippen LogP contribution in [0.4, 0.5) is 13.2 Å². The molecule has 1 N–H and O–H groups in total. The molecule has 1 nitrogen and oxygen atoms in total. The van der Waals surface area contributed by atoms with Gasteiger partial charge in [-0.1, -0.05) is 30.3 Å². The van der Waals surface area contributed by atoms with Crippen molar-refractivity contribution in [3.8, 4) is 0 Å². The summed E-state index contributed by atoms with van der Waals surface area (Å²) in [5, 5.41) is 3.12. The normalized spacial score (nSPS) is 11.7. The maximum atomic E-state index is 11.8. The van der Waals surface area contributed by atoms with Crippen molar-refractivity contribution in [3.63, 3.8) is 0 Å². The monoisotopic (exact) mass is 231 g/mol. The summed E-state index contributed by atoms with van der Waals surface area (Å²) in [6, 6.07) is 9.81. The van der Waals surface area contributed by atoms with Crippen LogP contribution in [-0.2, 0) is 6.54 Å². The Morgan fingerprint density at radius 3 is 2.31 bits per heavy atom. The maximum Gasteiger partial charge on any atom is 0.389 e. The van der Waals surface area contributed by atoms with E-state index in [2.05, 4.69) is 5.32 Å². The van der Waals surface area contributed by atoms with E-state index in [1.165, 1.54) is 0 Å². The van der Waals surface area contributed by atoms with Gasteiger partial charge in [0.05, 0.1) is 0 Å². The summed E-state index contributed by atoms with van der Waals surface area (Å²) in [4.78, 5) is 0. The molecule has 0 fully saturated rings. The number of hydrogen-bond acceptors (Lipinski definition) is 1. The molecule has 1 aromatic carbocycles. The molecule has 0 bridgehead atoms. The van der Waals surface area contributed by atoms with Gasteiger partial charge in [-0.25, -0.2) is 0 Å². The van der Waals surface area contributed by atoms with Crippen LogP contribution in [0.3, 0.4) is 0 Å². The predicted molar refractivity (Wildman–Crippen MR) is 58.1 cm³/mol. The van der Waals surface area contributed by atoms with E-state index in [9.17, 15) is 13.2 Å². The van der Waals surface area contributed by atoms with Gasteiger partial charge >= 0.3 is 6.18 Å². The van der Waals surface area contributed by atoms with Gasteiger partial charge in [0, 0.05) is 13.0 Å². The van der Waals surface area contributed by atoms with E-state index in [1.807, 2.05) is 30.3 Å². The summed E-state index contributed by atoms with van der Waals surface area (Å²) in [7, 11) is 0. The molecule has 0 amide bonds. The van der Waals surface area contributed by atoms with Gasteiger partial charge in [0.1, 0.15) is 0 Å². The first kappa shape index (κ1) is 13.0. The Morgan fingerprint density at radius 1 is 1.00 bits per heavy atom. The second-order valence-corrected chi connectivity index (χ2v) is 3.73. The Morgan fingerprint density at radius 2 is 1.69 bits per heavy atom. The molecule has 1 rings (SSSR count). The van der Waals surface area contributed by atoms with Crippen molar-refractivity contribution < 1.29 is 13.2 Å². The molecule has 0 aliphatic heterocycles. The van der Waals surface area contributed by atoms with E-state index in [0.717, 1.165) is 5.56 Å². The summed E-state index contributed by atoms with van der Waals surface area (Å²) in [5.74, 6) is 0. The molecule has 0 atom stereocenters. The zero-order valence-corrected chi connectivity index (χ0v) is 9.06. The number of halogens is 3. The predicted octanol–water partition coefficient (Wildman–Crippen LogP) is 3.51. The molecule has 4 heteroatoms. The zero-order valence-electron chi connectivity index (χ0n) is 9.06. The standard InChI is InChI=1S/C12H16F3N/c13-12(14,15)8-4-5-9-16-10-11-6-2-1-3-7-11/h1-3,6-7,16H,4-5,8-10H2. The first-order chi connectivity index (χ1) is 7.58. The zero-order chi connectivity index (χ0) is 11.9. The van der Waals surface area contributed by atoms with E-state index >= 15 is 0 Å². The van der Waals surface area contributed by atoms with Gasteiger partial charge in [-0.3, -0.25) is 0 Å². The number of rotatable bonds is 6. The van der Waals surface area contributed by atoms with Gasteiger partial charge in [-0.2, -0.15) is 13.2 Å². The number of hydrogen-bond donors (Lipinski definition) is 1. The van der Waals surface area contributed by atoms with E-state index in [-0.39, 0.29) is 6.42 Å². The summed E-state index contributed by atoms with van der Waals surface area (Å²) >= 11 is 0. The molecule has 0 spiro atoms. The molecule has 16 heavy (non-hydrogen) atoms. The molecule has 0 aliphatic carbocycles. The van der Waals surface area contributed by atoms with Crippen LogP contribution < -0.4 is 5.32 Å². The largest absolute Gasteiger partial charge is 0.389 e. The summed E-state index contributed by atoms with van der Waals surface area (Å²) in [6.45, 7) is 1.35. The Labute approximate surface area is 93.7 Å². The molecule has 0 unspecified atom stereocenters. The first-order valence-electron chi connectivity index (χ1n) is 5.39. The van der Waals surface area contributed by atoms with E-state index in [4.69, 9.17) is 0 Å². The highest BCUT2D eigenvalue weighted by Gasteiger charge is 2.25. The summed E-state index contributed by atoms with van der Waals surface area (Å²) in [5.41, 5.74) is 1.15. The minimum Gasteiger partial charge on any atom is -0.313 e. The number of alkyl halides is 3. The van der Waals surface area contributed by atoms with Gasteiger partial charge in [0.15, 0.2) is 0 Å². The van der Waals surface area contributed by atoms with Crippen molar-refractivity contribution in [2.45, 2.75) is 32.0 Å². The molecule has 0 saturated carbocycles. The van der Waals surface area contributed by atoms with Crippen molar-refractivity contribution >= 4 is 0 Å². The van der Waals surface area contributed by atoms with Gasteiger partial charge in [-0.05, 0) is 24.9 Å². The third-order valence-electron chi connectivity index (χ3n) is 2.24. The third kappa shape index (κ3) is 6.45. The van der Waals surface area contributed by atoms with Gasteiger partial charge in [-0.15, -0.1) is 0 Å². The molecule has 1 aromatic rings. The topological polar surface area (TPSA) is 12.0 Å². The molecule has 90 valence electrons.